The van der Waals surface area contributed by atoms with Crippen molar-refractivity contribution in [2.45, 2.75) is 26.9 Å². The molecule has 0 heterocycles. The Labute approximate surface area is 125 Å². The maximum absolute atomic E-state index is 11.9. The van der Waals surface area contributed by atoms with Gasteiger partial charge in [-0.15, -0.1) is 0 Å². The minimum atomic E-state index is -0.654. The Balaban J connectivity index is 2.11. The Morgan fingerprint density at radius 3 is 2.00 bits per heavy atom. The van der Waals surface area contributed by atoms with Gasteiger partial charge in [0.05, 0.1) is 0 Å². The zero-order valence-corrected chi connectivity index (χ0v) is 12.6. The molecule has 2 N–H and O–H groups in total. The van der Waals surface area contributed by atoms with Gasteiger partial charge in [-0.25, -0.2) is 0 Å². The summed E-state index contributed by atoms with van der Waals surface area (Å²) in [5, 5.41) is 13.2. The normalized spacial score (nSPS) is 12.8. The van der Waals surface area contributed by atoms with E-state index in [4.69, 9.17) is 0 Å². The predicted octanol–water partition coefficient (Wildman–Crippen LogP) is 3.75. The van der Waals surface area contributed by atoms with E-state index in [1.165, 1.54) is 0 Å². The standard InChI is InChI=1S/C18H21NO2/c1-18(2,3)17(21)19-15-11-9-14(10-12-15)16(20)13-7-5-4-6-8-13/h4-12,16,20H,1-3H3,(H,19,21). The van der Waals surface area contributed by atoms with E-state index in [0.29, 0.717) is 0 Å². The third-order valence-corrected chi connectivity index (χ3v) is 3.28. The molecule has 1 atom stereocenters. The van der Waals surface area contributed by atoms with Crippen molar-refractivity contribution in [3.05, 3.63) is 65.7 Å². The van der Waals surface area contributed by atoms with Crippen LogP contribution in [-0.2, 0) is 4.79 Å². The van der Waals surface area contributed by atoms with E-state index in [-0.39, 0.29) is 5.91 Å². The Morgan fingerprint density at radius 2 is 1.48 bits per heavy atom. The number of nitrogens with one attached hydrogen (secondary N) is 1. The highest BCUT2D eigenvalue weighted by Crippen LogP contribution is 2.24. The van der Waals surface area contributed by atoms with Crippen LogP contribution in [0.1, 0.15) is 38.0 Å². The Bertz CT molecular complexity index is 597. The van der Waals surface area contributed by atoms with Crippen LogP contribution in [0.5, 0.6) is 0 Å². The summed E-state index contributed by atoms with van der Waals surface area (Å²) in [6.07, 6.45) is -0.654. The molecule has 0 bridgehead atoms. The summed E-state index contributed by atoms with van der Waals surface area (Å²) in [6.45, 7) is 5.61. The van der Waals surface area contributed by atoms with Crippen molar-refractivity contribution in [1.82, 2.24) is 0 Å². The van der Waals surface area contributed by atoms with Crippen LogP contribution in [0, 0.1) is 5.41 Å². The second-order valence-corrected chi connectivity index (χ2v) is 6.14. The molecule has 0 spiro atoms. The minimum absolute atomic E-state index is 0.0288. The van der Waals surface area contributed by atoms with Crippen molar-refractivity contribution in [3.8, 4) is 0 Å². The molecule has 1 amide bonds. The van der Waals surface area contributed by atoms with Crippen LogP contribution >= 0.6 is 0 Å². The molecular formula is C18H21NO2. The van der Waals surface area contributed by atoms with Crippen LogP contribution in [0.15, 0.2) is 54.6 Å². The molecule has 0 fully saturated rings. The van der Waals surface area contributed by atoms with Crippen molar-refractivity contribution in [2.24, 2.45) is 5.41 Å². The largest absolute Gasteiger partial charge is 0.384 e. The number of rotatable bonds is 3. The molecule has 0 saturated carbocycles. The molecule has 0 radical (unpaired) electrons. The van der Waals surface area contributed by atoms with E-state index in [9.17, 15) is 9.90 Å². The van der Waals surface area contributed by atoms with Gasteiger partial charge in [-0.3, -0.25) is 4.79 Å². The number of hydrogen-bond donors (Lipinski definition) is 2. The number of anilines is 1. The average Bonchev–Trinajstić information content (AvgIpc) is 2.47. The fraction of sp³-hybridized carbons (Fsp3) is 0.278. The summed E-state index contributed by atoms with van der Waals surface area (Å²) in [7, 11) is 0. The third kappa shape index (κ3) is 3.92. The second kappa shape index (κ2) is 6.10. The smallest absolute Gasteiger partial charge is 0.229 e. The molecular weight excluding hydrogens is 262 g/mol. The highest BCUT2D eigenvalue weighted by molar-refractivity contribution is 5.94. The lowest BCUT2D eigenvalue weighted by atomic mass is 9.95. The molecule has 2 aromatic rings. The number of carbonyl (C=O) groups is 1. The Hall–Kier alpha value is -2.13. The maximum Gasteiger partial charge on any atom is 0.229 e. The first-order chi connectivity index (χ1) is 9.88. The fourth-order valence-corrected chi connectivity index (χ4v) is 1.90. The monoisotopic (exact) mass is 283 g/mol. The van der Waals surface area contributed by atoms with Crippen LogP contribution in [0.2, 0.25) is 0 Å². The Kier molecular flexibility index (Phi) is 4.43. The van der Waals surface area contributed by atoms with E-state index < -0.39 is 11.5 Å². The molecule has 110 valence electrons. The lowest BCUT2D eigenvalue weighted by Gasteiger charge is -2.18. The predicted molar refractivity (Wildman–Crippen MR) is 85.0 cm³/mol. The number of aliphatic hydroxyl groups excluding tert-OH is 1. The lowest BCUT2D eigenvalue weighted by Crippen LogP contribution is -2.27. The summed E-state index contributed by atoms with van der Waals surface area (Å²) in [6, 6.07) is 16.8. The summed E-state index contributed by atoms with van der Waals surface area (Å²) >= 11 is 0. The van der Waals surface area contributed by atoms with E-state index >= 15 is 0 Å². The summed E-state index contributed by atoms with van der Waals surface area (Å²) in [5.41, 5.74) is 1.96. The van der Waals surface area contributed by atoms with Crippen molar-refractivity contribution < 1.29 is 9.90 Å². The highest BCUT2D eigenvalue weighted by atomic mass is 16.3. The zero-order chi connectivity index (χ0) is 15.5. The quantitative estimate of drug-likeness (QED) is 0.901. The fourth-order valence-electron chi connectivity index (χ4n) is 1.90. The third-order valence-electron chi connectivity index (χ3n) is 3.28. The van der Waals surface area contributed by atoms with Gasteiger partial charge >= 0.3 is 0 Å². The van der Waals surface area contributed by atoms with Gasteiger partial charge in [-0.05, 0) is 23.3 Å². The summed E-state index contributed by atoms with van der Waals surface area (Å²) in [4.78, 5) is 11.9. The van der Waals surface area contributed by atoms with Gasteiger partial charge in [0.2, 0.25) is 5.91 Å². The average molecular weight is 283 g/mol. The van der Waals surface area contributed by atoms with Gasteiger partial charge in [0.15, 0.2) is 0 Å². The van der Waals surface area contributed by atoms with Gasteiger partial charge in [-0.2, -0.15) is 0 Å². The summed E-state index contributed by atoms with van der Waals surface area (Å²) < 4.78 is 0. The van der Waals surface area contributed by atoms with Gasteiger partial charge in [0.1, 0.15) is 6.10 Å². The van der Waals surface area contributed by atoms with Gasteiger partial charge in [-0.1, -0.05) is 63.2 Å². The first-order valence-electron chi connectivity index (χ1n) is 7.02. The number of aliphatic hydroxyl groups is 1. The minimum Gasteiger partial charge on any atom is -0.384 e. The number of hydrogen-bond acceptors (Lipinski definition) is 2. The molecule has 0 aliphatic carbocycles. The maximum atomic E-state index is 11.9. The van der Waals surface area contributed by atoms with Gasteiger partial charge in [0.25, 0.3) is 0 Å². The molecule has 2 aromatic carbocycles. The molecule has 2 rings (SSSR count). The molecule has 3 heteroatoms. The molecule has 0 aliphatic heterocycles. The molecule has 0 aliphatic rings. The summed E-state index contributed by atoms with van der Waals surface area (Å²) in [5.74, 6) is -0.0288. The van der Waals surface area contributed by atoms with Crippen LogP contribution in [0.3, 0.4) is 0 Å². The highest BCUT2D eigenvalue weighted by Gasteiger charge is 2.21. The molecule has 0 aromatic heterocycles. The van der Waals surface area contributed by atoms with E-state index in [0.717, 1.165) is 16.8 Å². The van der Waals surface area contributed by atoms with Crippen LogP contribution in [0.25, 0.3) is 0 Å². The molecule has 3 nitrogen and oxygen atoms in total. The first kappa shape index (κ1) is 15.3. The first-order valence-corrected chi connectivity index (χ1v) is 7.02. The number of benzene rings is 2. The van der Waals surface area contributed by atoms with Crippen LogP contribution < -0.4 is 5.32 Å². The SMILES string of the molecule is CC(C)(C)C(=O)Nc1ccc(C(O)c2ccccc2)cc1. The van der Waals surface area contributed by atoms with Crippen LogP contribution in [-0.4, -0.2) is 11.0 Å². The van der Waals surface area contributed by atoms with Crippen molar-refractivity contribution in [1.29, 1.82) is 0 Å². The van der Waals surface area contributed by atoms with E-state index in [1.54, 1.807) is 0 Å². The van der Waals surface area contributed by atoms with Gasteiger partial charge < -0.3 is 10.4 Å². The number of amides is 1. The van der Waals surface area contributed by atoms with Crippen molar-refractivity contribution in [2.75, 3.05) is 5.32 Å². The van der Waals surface area contributed by atoms with Crippen molar-refractivity contribution >= 4 is 11.6 Å². The molecule has 1 unspecified atom stereocenters. The zero-order valence-electron chi connectivity index (χ0n) is 12.6. The van der Waals surface area contributed by atoms with Crippen LogP contribution in [0.4, 0.5) is 5.69 Å². The van der Waals surface area contributed by atoms with Gasteiger partial charge in [0, 0.05) is 11.1 Å². The molecule has 0 saturated heterocycles. The van der Waals surface area contributed by atoms with E-state index in [2.05, 4.69) is 5.32 Å². The van der Waals surface area contributed by atoms with Crippen molar-refractivity contribution in [3.63, 3.8) is 0 Å². The van der Waals surface area contributed by atoms with E-state index in [1.807, 2.05) is 75.4 Å². The number of carbonyl (C=O) groups excluding carboxylic acids is 1. The second-order valence-electron chi connectivity index (χ2n) is 6.14. The topological polar surface area (TPSA) is 49.3 Å². The Morgan fingerprint density at radius 1 is 0.952 bits per heavy atom. The lowest BCUT2D eigenvalue weighted by molar-refractivity contribution is -0.123. The molecule has 21 heavy (non-hydrogen) atoms.